The molecule has 8 nitrogen and oxygen atoms in total. The Labute approximate surface area is 160 Å². The molecule has 0 aliphatic rings. The number of carboxylic acid groups (broad SMARTS) is 1. The Kier molecular flexibility index (Phi) is 6.09. The molecular weight excluding hydrogens is 396 g/mol. The number of primary sulfonamides is 1. The average molecular weight is 413 g/mol. The molecule has 0 fully saturated rings. The second-order valence-corrected chi connectivity index (χ2v) is 7.75. The SMILES string of the molecule is CC(c1cc(C(=O)O)cc(S(N)(=O)=O)c1Oc1ccccc1)C(Cl)C(N)=O. The van der Waals surface area contributed by atoms with E-state index in [9.17, 15) is 23.1 Å². The summed E-state index contributed by atoms with van der Waals surface area (Å²) in [5.41, 5.74) is 4.95. The van der Waals surface area contributed by atoms with Gasteiger partial charge in [0.05, 0.1) is 5.56 Å². The van der Waals surface area contributed by atoms with Crippen LogP contribution in [0.1, 0.15) is 28.8 Å². The minimum atomic E-state index is -4.36. The second-order valence-electron chi connectivity index (χ2n) is 5.75. The van der Waals surface area contributed by atoms with Gasteiger partial charge >= 0.3 is 5.97 Å². The molecule has 2 rings (SSSR count). The van der Waals surface area contributed by atoms with Crippen molar-refractivity contribution in [2.24, 2.45) is 10.9 Å². The van der Waals surface area contributed by atoms with E-state index >= 15 is 0 Å². The number of rotatable bonds is 7. The summed E-state index contributed by atoms with van der Waals surface area (Å²) in [6.45, 7) is 1.49. The number of sulfonamides is 1. The molecule has 0 aliphatic carbocycles. The van der Waals surface area contributed by atoms with Crippen LogP contribution < -0.4 is 15.6 Å². The van der Waals surface area contributed by atoms with Crippen LogP contribution in [0.15, 0.2) is 47.4 Å². The van der Waals surface area contributed by atoms with Crippen molar-refractivity contribution in [2.45, 2.75) is 23.1 Å². The normalized spacial score (nSPS) is 13.6. The van der Waals surface area contributed by atoms with E-state index in [2.05, 4.69) is 0 Å². The third kappa shape index (κ3) is 4.76. The fourth-order valence-electron chi connectivity index (χ4n) is 2.42. The topological polar surface area (TPSA) is 150 Å². The van der Waals surface area contributed by atoms with Crippen LogP contribution in [0.5, 0.6) is 11.5 Å². The van der Waals surface area contributed by atoms with E-state index in [1.54, 1.807) is 30.3 Å². The predicted molar refractivity (Wildman–Crippen MR) is 98.5 cm³/mol. The van der Waals surface area contributed by atoms with Gasteiger partial charge in [-0.25, -0.2) is 18.4 Å². The number of hydrogen-bond donors (Lipinski definition) is 3. The van der Waals surface area contributed by atoms with Crippen molar-refractivity contribution in [3.63, 3.8) is 0 Å². The van der Waals surface area contributed by atoms with Gasteiger partial charge in [-0.1, -0.05) is 25.1 Å². The van der Waals surface area contributed by atoms with Crippen LogP contribution >= 0.6 is 11.6 Å². The summed E-state index contributed by atoms with van der Waals surface area (Å²) in [6, 6.07) is 10.3. The summed E-state index contributed by atoms with van der Waals surface area (Å²) in [5.74, 6) is -3.03. The Hall–Kier alpha value is -2.62. The number of carbonyl (C=O) groups excluding carboxylic acids is 1. The molecule has 2 atom stereocenters. The summed E-state index contributed by atoms with van der Waals surface area (Å²) in [6.07, 6.45) is 0. The van der Waals surface area contributed by atoms with Gasteiger partial charge in [0.25, 0.3) is 0 Å². The van der Waals surface area contributed by atoms with Crippen molar-refractivity contribution in [1.29, 1.82) is 0 Å². The van der Waals surface area contributed by atoms with Gasteiger partial charge in [0.1, 0.15) is 16.0 Å². The van der Waals surface area contributed by atoms with E-state index in [-0.39, 0.29) is 22.6 Å². The van der Waals surface area contributed by atoms with E-state index in [4.69, 9.17) is 27.2 Å². The molecule has 2 aromatic rings. The lowest BCUT2D eigenvalue weighted by Crippen LogP contribution is -2.29. The number of benzene rings is 2. The summed E-state index contributed by atoms with van der Waals surface area (Å²) < 4.78 is 29.8. The first-order valence-electron chi connectivity index (χ1n) is 7.62. The van der Waals surface area contributed by atoms with Crippen molar-refractivity contribution < 1.29 is 27.9 Å². The number of para-hydroxylation sites is 1. The number of amides is 1. The number of carboxylic acids is 1. The van der Waals surface area contributed by atoms with Crippen LogP contribution in [-0.4, -0.2) is 30.8 Å². The van der Waals surface area contributed by atoms with Crippen molar-refractivity contribution >= 4 is 33.5 Å². The van der Waals surface area contributed by atoms with Crippen molar-refractivity contribution in [2.75, 3.05) is 0 Å². The smallest absolute Gasteiger partial charge is 0.335 e. The highest BCUT2D eigenvalue weighted by Gasteiger charge is 2.30. The Bertz CT molecular complexity index is 978. The van der Waals surface area contributed by atoms with E-state index in [1.807, 2.05) is 0 Å². The number of ether oxygens (including phenoxy) is 1. The third-order valence-electron chi connectivity index (χ3n) is 3.80. The zero-order chi connectivity index (χ0) is 20.4. The molecule has 0 spiro atoms. The monoisotopic (exact) mass is 412 g/mol. The van der Waals surface area contributed by atoms with Gasteiger partial charge in [-0.15, -0.1) is 11.6 Å². The number of halogens is 1. The Balaban J connectivity index is 2.79. The highest BCUT2D eigenvalue weighted by atomic mass is 35.5. The molecule has 10 heteroatoms. The average Bonchev–Trinajstić information content (AvgIpc) is 2.60. The quantitative estimate of drug-likeness (QED) is 0.592. The number of aromatic carboxylic acids is 1. The van der Waals surface area contributed by atoms with Gasteiger partial charge in [-0.3, -0.25) is 4.79 Å². The highest BCUT2D eigenvalue weighted by Crippen LogP contribution is 2.39. The van der Waals surface area contributed by atoms with Gasteiger partial charge in [0.2, 0.25) is 15.9 Å². The molecule has 0 radical (unpaired) electrons. The first kappa shape index (κ1) is 20.7. The standard InChI is InChI=1S/C17H17ClN2O6S/c1-9(14(18)16(19)21)12-7-10(17(22)23)8-13(27(20,24)25)15(12)26-11-5-3-2-4-6-11/h2-9,14H,1H3,(H2,19,21)(H,22,23)(H2,20,24,25). The Morgan fingerprint density at radius 3 is 2.26 bits per heavy atom. The maximum Gasteiger partial charge on any atom is 0.335 e. The summed E-state index contributed by atoms with van der Waals surface area (Å²) in [7, 11) is -4.36. The summed E-state index contributed by atoms with van der Waals surface area (Å²) in [5, 5.41) is 13.3. The summed E-state index contributed by atoms with van der Waals surface area (Å²) >= 11 is 6.02. The highest BCUT2D eigenvalue weighted by molar-refractivity contribution is 7.89. The zero-order valence-corrected chi connectivity index (χ0v) is 15.7. The van der Waals surface area contributed by atoms with Crippen LogP contribution in [-0.2, 0) is 14.8 Å². The summed E-state index contributed by atoms with van der Waals surface area (Å²) in [4.78, 5) is 22.4. The zero-order valence-electron chi connectivity index (χ0n) is 14.1. The van der Waals surface area contributed by atoms with Crippen molar-refractivity contribution in [1.82, 2.24) is 0 Å². The first-order valence-corrected chi connectivity index (χ1v) is 9.61. The maximum atomic E-state index is 12.1. The van der Waals surface area contributed by atoms with Crippen LogP contribution in [0.25, 0.3) is 0 Å². The molecule has 0 saturated heterocycles. The van der Waals surface area contributed by atoms with Crippen molar-refractivity contribution in [3.05, 3.63) is 53.6 Å². The molecule has 0 heterocycles. The van der Waals surface area contributed by atoms with E-state index < -0.39 is 38.1 Å². The first-order chi connectivity index (χ1) is 12.5. The van der Waals surface area contributed by atoms with E-state index in [0.29, 0.717) is 0 Å². The van der Waals surface area contributed by atoms with Crippen LogP contribution in [0.4, 0.5) is 0 Å². The van der Waals surface area contributed by atoms with Gasteiger partial charge in [0.15, 0.2) is 5.75 Å². The lowest BCUT2D eigenvalue weighted by molar-refractivity contribution is -0.118. The molecule has 2 aromatic carbocycles. The Morgan fingerprint density at radius 2 is 1.78 bits per heavy atom. The number of nitrogens with two attached hydrogens (primary N) is 2. The number of primary amides is 1. The molecule has 0 bridgehead atoms. The van der Waals surface area contributed by atoms with E-state index in [1.165, 1.54) is 13.0 Å². The molecule has 0 saturated carbocycles. The van der Waals surface area contributed by atoms with Gasteiger partial charge in [-0.2, -0.15) is 0 Å². The van der Waals surface area contributed by atoms with Crippen LogP contribution in [0.3, 0.4) is 0 Å². The Morgan fingerprint density at radius 1 is 1.19 bits per heavy atom. The lowest BCUT2D eigenvalue weighted by Gasteiger charge is -2.22. The minimum absolute atomic E-state index is 0.0709. The van der Waals surface area contributed by atoms with Gasteiger partial charge in [0, 0.05) is 11.5 Å². The van der Waals surface area contributed by atoms with Crippen LogP contribution in [0.2, 0.25) is 0 Å². The van der Waals surface area contributed by atoms with E-state index in [0.717, 1.165) is 6.07 Å². The van der Waals surface area contributed by atoms with Gasteiger partial charge < -0.3 is 15.6 Å². The number of carbonyl (C=O) groups is 2. The fraction of sp³-hybridized carbons (Fsp3) is 0.176. The molecule has 5 N–H and O–H groups in total. The van der Waals surface area contributed by atoms with Crippen LogP contribution in [0, 0.1) is 0 Å². The molecule has 0 aromatic heterocycles. The molecular formula is C17H17ClN2O6S. The molecule has 27 heavy (non-hydrogen) atoms. The maximum absolute atomic E-state index is 12.1. The third-order valence-corrected chi connectivity index (χ3v) is 5.31. The molecule has 144 valence electrons. The number of hydrogen-bond acceptors (Lipinski definition) is 5. The minimum Gasteiger partial charge on any atom is -0.478 e. The van der Waals surface area contributed by atoms with Gasteiger partial charge in [-0.05, 0) is 24.3 Å². The number of alkyl halides is 1. The molecule has 2 unspecified atom stereocenters. The largest absolute Gasteiger partial charge is 0.478 e. The molecule has 1 amide bonds. The van der Waals surface area contributed by atoms with Crippen molar-refractivity contribution in [3.8, 4) is 11.5 Å². The molecule has 0 aliphatic heterocycles. The predicted octanol–water partition coefficient (Wildman–Crippen LogP) is 2.02. The second kappa shape index (κ2) is 7.95. The fourth-order valence-corrected chi connectivity index (χ4v) is 3.26. The lowest BCUT2D eigenvalue weighted by atomic mass is 9.94.